The maximum atomic E-state index is 13.4. The van der Waals surface area contributed by atoms with Crippen molar-refractivity contribution in [2.75, 3.05) is 6.54 Å². The van der Waals surface area contributed by atoms with Crippen LogP contribution >= 0.6 is 15.9 Å². The van der Waals surface area contributed by atoms with Crippen molar-refractivity contribution in [2.45, 2.75) is 20.0 Å². The van der Waals surface area contributed by atoms with E-state index in [-0.39, 0.29) is 5.91 Å². The van der Waals surface area contributed by atoms with Gasteiger partial charge in [0, 0.05) is 44.2 Å². The summed E-state index contributed by atoms with van der Waals surface area (Å²) in [7, 11) is 0. The molecule has 1 aromatic carbocycles. The molecule has 5 nitrogen and oxygen atoms in total. The van der Waals surface area contributed by atoms with E-state index < -0.39 is 0 Å². The summed E-state index contributed by atoms with van der Waals surface area (Å²) in [5.74, 6) is -0.0160. The van der Waals surface area contributed by atoms with Crippen molar-refractivity contribution in [3.63, 3.8) is 0 Å². The number of aromatic nitrogens is 2. The Morgan fingerprint density at radius 2 is 1.86 bits per heavy atom. The van der Waals surface area contributed by atoms with E-state index in [1.165, 1.54) is 0 Å². The van der Waals surface area contributed by atoms with E-state index in [2.05, 4.69) is 33.0 Å². The fraction of sp³-hybridized carbons (Fsp3) is 0.182. The Kier molecular flexibility index (Phi) is 5.30. The van der Waals surface area contributed by atoms with Gasteiger partial charge < -0.3 is 13.9 Å². The summed E-state index contributed by atoms with van der Waals surface area (Å²) in [4.78, 5) is 19.3. The number of hydrogen-bond donors (Lipinski definition) is 0. The maximum absolute atomic E-state index is 13.4. The highest BCUT2D eigenvalue weighted by atomic mass is 79.9. The van der Waals surface area contributed by atoms with Crippen LogP contribution in [0.25, 0.3) is 11.1 Å². The smallest absolute Gasteiger partial charge is 0.270 e. The summed E-state index contributed by atoms with van der Waals surface area (Å²) in [6.07, 6.45) is 3.49. The van der Waals surface area contributed by atoms with Gasteiger partial charge in [0.05, 0.1) is 5.52 Å². The zero-order valence-corrected chi connectivity index (χ0v) is 17.1. The average molecular weight is 438 g/mol. The fourth-order valence-corrected chi connectivity index (χ4v) is 3.71. The molecule has 0 radical (unpaired) electrons. The molecule has 1 amide bonds. The van der Waals surface area contributed by atoms with Gasteiger partial charge in [-0.25, -0.2) is 0 Å². The third-order valence-corrected chi connectivity index (χ3v) is 5.14. The van der Waals surface area contributed by atoms with Crippen LogP contribution in [0.3, 0.4) is 0 Å². The number of carbonyl (C=O) groups is 1. The van der Waals surface area contributed by atoms with E-state index in [0.717, 1.165) is 16.6 Å². The quantitative estimate of drug-likeness (QED) is 0.421. The van der Waals surface area contributed by atoms with Crippen molar-refractivity contribution in [3.05, 3.63) is 88.5 Å². The fourth-order valence-electron chi connectivity index (χ4n) is 3.32. The van der Waals surface area contributed by atoms with Crippen LogP contribution in [0.15, 0.2) is 76.1 Å². The van der Waals surface area contributed by atoms with E-state index in [1.807, 2.05) is 58.9 Å². The van der Waals surface area contributed by atoms with Gasteiger partial charge in [-0.3, -0.25) is 9.78 Å². The Morgan fingerprint density at radius 1 is 1.11 bits per heavy atom. The first kappa shape index (κ1) is 18.5. The lowest BCUT2D eigenvalue weighted by molar-refractivity contribution is 0.0742. The first-order valence-electron chi connectivity index (χ1n) is 9.16. The lowest BCUT2D eigenvalue weighted by Gasteiger charge is -2.22. The molecule has 0 bridgehead atoms. The largest absolute Gasteiger partial charge is 0.448 e. The van der Waals surface area contributed by atoms with Crippen LogP contribution in [0.4, 0.5) is 0 Å². The molecule has 6 heteroatoms. The summed E-state index contributed by atoms with van der Waals surface area (Å²) >= 11 is 3.39. The summed E-state index contributed by atoms with van der Waals surface area (Å²) in [6.45, 7) is 3.75. The molecule has 0 atom stereocenters. The molecule has 0 spiro atoms. The van der Waals surface area contributed by atoms with Gasteiger partial charge in [-0.15, -0.1) is 0 Å². The predicted octanol–water partition coefficient (Wildman–Crippen LogP) is 5.10. The van der Waals surface area contributed by atoms with E-state index in [4.69, 9.17) is 4.42 Å². The van der Waals surface area contributed by atoms with Crippen LogP contribution in [-0.4, -0.2) is 26.9 Å². The van der Waals surface area contributed by atoms with E-state index >= 15 is 0 Å². The second kappa shape index (κ2) is 8.02. The first-order chi connectivity index (χ1) is 13.7. The van der Waals surface area contributed by atoms with Crippen LogP contribution in [0.1, 0.15) is 28.5 Å². The van der Waals surface area contributed by atoms with Gasteiger partial charge in [-0.05, 0) is 46.1 Å². The molecular weight excluding hydrogens is 418 g/mol. The number of furan rings is 1. The third-order valence-electron chi connectivity index (χ3n) is 4.75. The Bertz CT molecular complexity index is 1090. The van der Waals surface area contributed by atoms with Crippen molar-refractivity contribution in [1.29, 1.82) is 0 Å². The van der Waals surface area contributed by atoms with Gasteiger partial charge in [0.1, 0.15) is 5.69 Å². The van der Waals surface area contributed by atoms with Gasteiger partial charge in [0.15, 0.2) is 10.3 Å². The average Bonchev–Trinajstić information content (AvgIpc) is 3.24. The molecule has 3 heterocycles. The number of fused-ring (bicyclic) bond motifs is 1. The molecule has 142 valence electrons. The Morgan fingerprint density at radius 3 is 2.57 bits per heavy atom. The van der Waals surface area contributed by atoms with Crippen LogP contribution in [0.2, 0.25) is 0 Å². The summed E-state index contributed by atoms with van der Waals surface area (Å²) in [5, 5.41) is 0. The molecule has 0 unspecified atom stereocenters. The molecule has 0 aliphatic rings. The number of hydrogen-bond acceptors (Lipinski definition) is 3. The monoisotopic (exact) mass is 437 g/mol. The van der Waals surface area contributed by atoms with Crippen molar-refractivity contribution in [1.82, 2.24) is 14.5 Å². The Hall–Kier alpha value is -2.86. The molecule has 0 aliphatic carbocycles. The molecule has 28 heavy (non-hydrogen) atoms. The number of amides is 1. The van der Waals surface area contributed by atoms with Crippen molar-refractivity contribution < 1.29 is 9.21 Å². The highest BCUT2D eigenvalue weighted by Gasteiger charge is 2.23. The lowest BCUT2D eigenvalue weighted by atomic mass is 10.2. The Balaban J connectivity index is 1.71. The highest BCUT2D eigenvalue weighted by molar-refractivity contribution is 9.10. The second-order valence-electron chi connectivity index (χ2n) is 6.58. The molecule has 0 aliphatic heterocycles. The van der Waals surface area contributed by atoms with Crippen LogP contribution in [-0.2, 0) is 13.1 Å². The van der Waals surface area contributed by atoms with Crippen LogP contribution in [0, 0.1) is 0 Å². The van der Waals surface area contributed by atoms with E-state index in [0.29, 0.717) is 35.6 Å². The van der Waals surface area contributed by atoms with Gasteiger partial charge in [0.2, 0.25) is 0 Å². The minimum Gasteiger partial charge on any atom is -0.448 e. The van der Waals surface area contributed by atoms with Crippen LogP contribution in [0.5, 0.6) is 0 Å². The number of halogens is 1. The summed E-state index contributed by atoms with van der Waals surface area (Å²) in [5.41, 5.74) is 4.41. The van der Waals surface area contributed by atoms with Crippen molar-refractivity contribution in [3.8, 4) is 0 Å². The summed E-state index contributed by atoms with van der Waals surface area (Å²) < 4.78 is 8.40. The number of benzene rings is 1. The maximum Gasteiger partial charge on any atom is 0.270 e. The minimum absolute atomic E-state index is 0.0160. The number of pyridine rings is 1. The summed E-state index contributed by atoms with van der Waals surface area (Å²) in [6, 6.07) is 17.7. The normalized spacial score (nSPS) is 11.1. The Labute approximate surface area is 171 Å². The van der Waals surface area contributed by atoms with Gasteiger partial charge >= 0.3 is 0 Å². The zero-order valence-electron chi connectivity index (χ0n) is 15.5. The SMILES string of the molecule is CCN(Cc1ccncc1)C(=O)c1cc2oc(Br)cc2n1Cc1ccccc1. The second-order valence-corrected chi connectivity index (χ2v) is 7.36. The molecular formula is C22H20BrN3O2. The third kappa shape index (κ3) is 3.73. The van der Waals surface area contributed by atoms with Crippen LogP contribution < -0.4 is 0 Å². The number of nitrogens with zero attached hydrogens (tertiary/aromatic N) is 3. The molecule has 4 rings (SSSR count). The molecule has 0 saturated carbocycles. The molecule has 0 saturated heterocycles. The topological polar surface area (TPSA) is 51.3 Å². The van der Waals surface area contributed by atoms with Crippen molar-refractivity contribution >= 4 is 32.9 Å². The molecule has 0 N–H and O–H groups in total. The minimum atomic E-state index is -0.0160. The lowest BCUT2D eigenvalue weighted by Crippen LogP contribution is -2.32. The molecule has 4 aromatic rings. The molecule has 3 aromatic heterocycles. The van der Waals surface area contributed by atoms with E-state index in [9.17, 15) is 4.79 Å². The first-order valence-corrected chi connectivity index (χ1v) is 9.95. The van der Waals surface area contributed by atoms with Gasteiger partial charge in [-0.1, -0.05) is 30.3 Å². The standard InChI is InChI=1S/C22H20BrN3O2/c1-2-25(14-17-8-10-24-11-9-17)22(27)19-12-20-18(13-21(23)28-20)26(19)15-16-6-4-3-5-7-16/h3-13H,2,14-15H2,1H3. The van der Waals surface area contributed by atoms with Gasteiger partial charge in [-0.2, -0.15) is 0 Å². The molecule has 0 fully saturated rings. The highest BCUT2D eigenvalue weighted by Crippen LogP contribution is 2.28. The van der Waals surface area contributed by atoms with Gasteiger partial charge in [0.25, 0.3) is 5.91 Å². The predicted molar refractivity (Wildman–Crippen MR) is 112 cm³/mol. The number of carbonyl (C=O) groups excluding carboxylic acids is 1. The number of rotatable bonds is 6. The van der Waals surface area contributed by atoms with Crippen molar-refractivity contribution in [2.24, 2.45) is 0 Å². The van der Waals surface area contributed by atoms with E-state index in [1.54, 1.807) is 12.4 Å². The zero-order chi connectivity index (χ0) is 19.5.